The number of amides is 4. The Labute approximate surface area is 469 Å². The third-order valence-corrected chi connectivity index (χ3v) is 17.0. The lowest BCUT2D eigenvalue weighted by molar-refractivity contribution is -0.240. The first kappa shape index (κ1) is 65.7. The summed E-state index contributed by atoms with van der Waals surface area (Å²) in [6, 6.07) is -0.665. The van der Waals surface area contributed by atoms with E-state index in [-0.39, 0.29) is 104 Å². The third kappa shape index (κ3) is 17.9. The molecule has 80 heavy (non-hydrogen) atoms. The summed E-state index contributed by atoms with van der Waals surface area (Å²) in [5.74, 6) is -8.66. The summed E-state index contributed by atoms with van der Waals surface area (Å²) in [6.45, 7) is 13.5. The number of carbonyl (C=O) groups is 6. The molecule has 1 saturated carbocycles. The number of rotatable bonds is 19. The number of aliphatic hydroxyl groups is 6. The van der Waals surface area contributed by atoms with Crippen LogP contribution in [0.25, 0.3) is 0 Å². The second-order valence-corrected chi connectivity index (χ2v) is 23.5. The number of Topliss-reactive ketones (excluding diaryl/α,β-unsaturated/α-hetero) is 1. The number of phenols is 1. The van der Waals surface area contributed by atoms with Gasteiger partial charge in [0.1, 0.15) is 41.6 Å². The Morgan fingerprint density at radius 2 is 1.64 bits per heavy atom. The normalized spacial score (nSPS) is 33.2. The molecule has 1 aromatic rings. The van der Waals surface area contributed by atoms with Crippen molar-refractivity contribution in [1.29, 1.82) is 0 Å². The van der Waals surface area contributed by atoms with E-state index in [2.05, 4.69) is 16.1 Å². The summed E-state index contributed by atoms with van der Waals surface area (Å²) >= 11 is 0. The van der Waals surface area contributed by atoms with Crippen LogP contribution in [0.5, 0.6) is 5.75 Å². The highest BCUT2D eigenvalue weighted by Crippen LogP contribution is 2.49. The van der Waals surface area contributed by atoms with Crippen LogP contribution in [0, 0.1) is 53.2 Å². The van der Waals surface area contributed by atoms with Crippen LogP contribution >= 0.6 is 0 Å². The Balaban J connectivity index is 1.35. The number of aliphatic hydroxyl groups excluding tert-OH is 6. The summed E-state index contributed by atoms with van der Waals surface area (Å²) in [5.41, 5.74) is 9.03. The minimum absolute atomic E-state index is 0.0238. The Hall–Kier alpha value is -5.13. The first-order valence-electron chi connectivity index (χ1n) is 28.6. The molecule has 448 valence electrons. The van der Waals surface area contributed by atoms with Crippen molar-refractivity contribution in [2.75, 3.05) is 6.54 Å². The Morgan fingerprint density at radius 1 is 0.925 bits per heavy atom. The van der Waals surface area contributed by atoms with E-state index in [1.807, 2.05) is 20.8 Å². The van der Waals surface area contributed by atoms with E-state index in [0.29, 0.717) is 31.3 Å². The standard InChI is InChI=1S/C59H90FN5O15/c1-9-37(55(61)74)26-38-27-42-53(73)35(8)50(79-54(38)42)29-47(70)31(4)17-20-46(69)48(71)22-32(5)49-16-12-10-11-15-45(68)34(7)52(72)41(19-18-33(6)66)56(75)63-51(30(2)3)57(76)62-44(25-36-23-39(60)28-40(67)24-36)58(77)65-21-13-14-43(64-65)59(78)80-49/h10-12,15,22-24,28,30-31,34-35,37-38,41-54,64,67-73H,9,13-14,16-21,25-27,29H2,1-8H3,(H2,61,74)(H,62,76)(H,63,75)/b12-10+,15-11+,32-22+/t31-,34-,35-,37-,38+,41+,42-,43?,44-,45-,46?,47-,48?,49-,50-,51-,52+,53-,54+/m0/s1. The fraction of sp³-hybridized carbons (Fsp3) is 0.695. The van der Waals surface area contributed by atoms with Crippen molar-refractivity contribution in [3.63, 3.8) is 0 Å². The lowest BCUT2D eigenvalue weighted by Gasteiger charge is -2.55. The number of hydrogen-bond acceptors (Lipinski definition) is 16. The van der Waals surface area contributed by atoms with Gasteiger partial charge in [-0.05, 0) is 106 Å². The summed E-state index contributed by atoms with van der Waals surface area (Å²) in [5, 5.41) is 84.7. The molecule has 20 nitrogen and oxygen atoms in total. The number of nitrogens with one attached hydrogen (secondary N) is 3. The minimum atomic E-state index is -1.51. The minimum Gasteiger partial charge on any atom is -0.508 e. The molecule has 12 N–H and O–H groups in total. The predicted octanol–water partition coefficient (Wildman–Crippen LogP) is 3.10. The number of halogens is 1. The zero-order valence-corrected chi connectivity index (χ0v) is 47.7. The second kappa shape index (κ2) is 30.3. The van der Waals surface area contributed by atoms with Gasteiger partial charge in [0.15, 0.2) is 0 Å². The number of phenolic OH excluding ortho intramolecular Hbond substituents is 1. The first-order valence-corrected chi connectivity index (χ1v) is 28.6. The number of cyclic esters (lactones) is 1. The predicted molar refractivity (Wildman–Crippen MR) is 294 cm³/mol. The van der Waals surface area contributed by atoms with Crippen LogP contribution in [-0.4, -0.2) is 156 Å². The topological polar surface area (TPSA) is 328 Å². The van der Waals surface area contributed by atoms with E-state index in [1.165, 1.54) is 38.1 Å². The summed E-state index contributed by atoms with van der Waals surface area (Å²) in [4.78, 5) is 81.1. The van der Waals surface area contributed by atoms with E-state index < -0.39 is 120 Å². The highest BCUT2D eigenvalue weighted by Gasteiger charge is 2.54. The molecule has 4 amide bonds. The lowest BCUT2D eigenvalue weighted by Crippen LogP contribution is -2.62. The molecule has 2 bridgehead atoms. The zero-order valence-electron chi connectivity index (χ0n) is 47.7. The molecule has 0 aromatic heterocycles. The van der Waals surface area contributed by atoms with E-state index in [9.17, 15) is 68.9 Å². The van der Waals surface area contributed by atoms with Gasteiger partial charge in [0.2, 0.25) is 17.7 Å². The highest BCUT2D eigenvalue weighted by atomic mass is 19.1. The van der Waals surface area contributed by atoms with Crippen LogP contribution in [0.2, 0.25) is 0 Å². The number of ether oxygens (including phenoxy) is 2. The van der Waals surface area contributed by atoms with Gasteiger partial charge in [-0.15, -0.1) is 0 Å². The summed E-state index contributed by atoms with van der Waals surface area (Å²) < 4.78 is 27.2. The Kier molecular flexibility index (Phi) is 24.8. The van der Waals surface area contributed by atoms with Crippen molar-refractivity contribution in [3.8, 4) is 5.75 Å². The zero-order chi connectivity index (χ0) is 59.3. The smallest absolute Gasteiger partial charge is 0.325 e. The molecule has 19 atom stereocenters. The average molecular weight is 1130 g/mol. The lowest BCUT2D eigenvalue weighted by atomic mass is 9.61. The average Bonchev–Trinajstić information content (AvgIpc) is 3.60. The number of carbonyl (C=O) groups excluding carboxylic acids is 6. The van der Waals surface area contributed by atoms with E-state index in [4.69, 9.17) is 15.2 Å². The molecule has 3 aliphatic heterocycles. The van der Waals surface area contributed by atoms with Crippen molar-refractivity contribution in [2.45, 2.75) is 206 Å². The maximum Gasteiger partial charge on any atom is 0.325 e. The number of nitrogens with zero attached hydrogens (tertiary/aromatic N) is 1. The van der Waals surface area contributed by atoms with Crippen molar-refractivity contribution < 1.29 is 78.4 Å². The van der Waals surface area contributed by atoms with Gasteiger partial charge < -0.3 is 66.4 Å². The van der Waals surface area contributed by atoms with Crippen molar-refractivity contribution in [3.05, 3.63) is 65.5 Å². The number of nitrogens with two attached hydrogens (primary N) is 1. The molecule has 3 unspecified atom stereocenters. The van der Waals surface area contributed by atoms with Crippen LogP contribution in [0.4, 0.5) is 4.39 Å². The van der Waals surface area contributed by atoms with Crippen molar-refractivity contribution in [1.82, 2.24) is 21.1 Å². The Bertz CT molecular complexity index is 2350. The number of hydrazine groups is 1. The summed E-state index contributed by atoms with van der Waals surface area (Å²) in [6.07, 6.45) is 1.19. The number of aromatic hydroxyl groups is 1. The van der Waals surface area contributed by atoms with Gasteiger partial charge in [0, 0.05) is 62.0 Å². The molecule has 0 spiro atoms. The molecular weight excluding hydrogens is 1040 g/mol. The maximum atomic E-state index is 14.6. The van der Waals surface area contributed by atoms with Gasteiger partial charge in [-0.25, -0.2) is 9.82 Å². The van der Waals surface area contributed by atoms with Gasteiger partial charge in [0.25, 0.3) is 5.91 Å². The van der Waals surface area contributed by atoms with Crippen molar-refractivity contribution >= 4 is 35.4 Å². The Morgan fingerprint density at radius 3 is 2.29 bits per heavy atom. The number of hydrogen-bond donors (Lipinski definition) is 11. The molecule has 1 aromatic carbocycles. The first-order chi connectivity index (χ1) is 37.7. The number of benzene rings is 1. The van der Waals surface area contributed by atoms with E-state index in [1.54, 1.807) is 32.9 Å². The largest absolute Gasteiger partial charge is 0.508 e. The third-order valence-electron chi connectivity index (χ3n) is 17.0. The number of fused-ring (bicyclic) bond motifs is 3. The van der Waals surface area contributed by atoms with Gasteiger partial charge in [0.05, 0.1) is 54.7 Å². The molecule has 3 heterocycles. The monoisotopic (exact) mass is 1130 g/mol. The second-order valence-electron chi connectivity index (χ2n) is 23.5. The van der Waals surface area contributed by atoms with Gasteiger partial charge in [-0.1, -0.05) is 71.9 Å². The molecular formula is C59H90FN5O15. The fourth-order valence-corrected chi connectivity index (χ4v) is 11.5. The fourth-order valence-electron chi connectivity index (χ4n) is 11.5. The number of ketones is 1. The molecule has 0 radical (unpaired) electrons. The maximum absolute atomic E-state index is 14.6. The highest BCUT2D eigenvalue weighted by molar-refractivity contribution is 5.93. The molecule has 3 fully saturated rings. The number of primary amides is 1. The van der Waals surface area contributed by atoms with Crippen LogP contribution < -0.4 is 21.8 Å². The quantitative estimate of drug-likeness (QED) is 0.0700. The van der Waals surface area contributed by atoms with Crippen LogP contribution in [-0.2, 0) is 44.7 Å². The van der Waals surface area contributed by atoms with Crippen LogP contribution in [0.3, 0.4) is 0 Å². The molecule has 5 rings (SSSR count). The van der Waals surface area contributed by atoms with E-state index >= 15 is 0 Å². The molecule has 1 aliphatic carbocycles. The van der Waals surface area contributed by atoms with Gasteiger partial charge in [-0.2, -0.15) is 0 Å². The van der Waals surface area contributed by atoms with Crippen LogP contribution in [0.15, 0.2) is 54.2 Å². The molecule has 4 aliphatic rings. The van der Waals surface area contributed by atoms with Gasteiger partial charge >= 0.3 is 5.97 Å². The number of allylic oxidation sites excluding steroid dienone is 2. The van der Waals surface area contributed by atoms with E-state index in [0.717, 1.165) is 23.6 Å². The van der Waals surface area contributed by atoms with Crippen molar-refractivity contribution in [2.24, 2.45) is 53.1 Å². The number of esters is 1. The molecule has 2 saturated heterocycles. The van der Waals surface area contributed by atoms with Crippen LogP contribution in [0.1, 0.15) is 132 Å². The molecule has 21 heteroatoms. The van der Waals surface area contributed by atoms with Gasteiger partial charge in [-0.3, -0.25) is 29.0 Å². The SMILES string of the molecule is CC[C@@H](C[C@@H]1C[C@H]2[C@@H](O)[C@@H](C)[C@H](C[C@H](O)[C@@H](C)CCC(O)C(O)/C=C(\C)[C@@H]3C/C=C/C=C/[C@H](O)[C@H](C)[C@@H](O)[C@@H](CCC(C)=O)C(=O)N[C@@H](C(C)C)C(=O)N[C@@H](Cc4cc(O)cc(F)c4)C(=O)N4CCCC(N4)C(=O)O3)O[C@H]12)C(N)=O. The summed E-state index contributed by atoms with van der Waals surface area (Å²) in [7, 11) is 0.